The van der Waals surface area contributed by atoms with Crippen LogP contribution in [0.5, 0.6) is 0 Å². The number of nitrogens with zero attached hydrogens (tertiary/aromatic N) is 2. The predicted molar refractivity (Wildman–Crippen MR) is 255 cm³/mol. The van der Waals surface area contributed by atoms with Crippen molar-refractivity contribution < 1.29 is 0 Å². The van der Waals surface area contributed by atoms with E-state index in [1.54, 1.807) is 27.0 Å². The fourth-order valence-corrected chi connectivity index (χ4v) is 13.1. The van der Waals surface area contributed by atoms with Gasteiger partial charge >= 0.3 is 0 Å². The molecule has 0 N–H and O–H groups in total. The summed E-state index contributed by atoms with van der Waals surface area (Å²) >= 11 is 2.14. The molecule has 4 heteroatoms. The first-order valence-corrected chi connectivity index (χ1v) is 23.3. The van der Waals surface area contributed by atoms with Crippen molar-refractivity contribution in [2.75, 3.05) is 9.80 Å². The minimum Gasteiger partial charge on any atom is -0.311 e. The van der Waals surface area contributed by atoms with Gasteiger partial charge in [-0.15, -0.1) is 11.3 Å². The van der Waals surface area contributed by atoms with Crippen molar-refractivity contribution in [1.82, 2.24) is 0 Å². The lowest BCUT2D eigenvalue weighted by Crippen LogP contribution is -2.63. The van der Waals surface area contributed by atoms with E-state index in [1.165, 1.54) is 86.7 Å². The summed E-state index contributed by atoms with van der Waals surface area (Å²) in [5, 5.41) is 1.48. The molecule has 0 bridgehead atoms. The van der Waals surface area contributed by atoms with Gasteiger partial charge in [-0.2, -0.15) is 0 Å². The van der Waals surface area contributed by atoms with Crippen LogP contribution < -0.4 is 26.2 Å². The quantitative estimate of drug-likeness (QED) is 0.164. The van der Waals surface area contributed by atoms with E-state index in [4.69, 9.17) is 0 Å². The van der Waals surface area contributed by atoms with E-state index in [0.717, 1.165) is 6.42 Å². The second kappa shape index (κ2) is 12.5. The highest BCUT2D eigenvalue weighted by Gasteiger charge is 2.52. The Labute approximate surface area is 356 Å². The maximum atomic E-state index is 2.83. The normalized spacial score (nSPS) is 22.4. The summed E-state index contributed by atoms with van der Waals surface area (Å²) in [6.07, 6.45) is 8.75. The maximum absolute atomic E-state index is 2.83. The number of benzene rings is 3. The van der Waals surface area contributed by atoms with Crippen LogP contribution in [0.1, 0.15) is 163 Å². The van der Waals surface area contributed by atoms with Crippen LogP contribution in [0, 0.1) is 23.7 Å². The number of fused-ring (bicyclic) bond motifs is 6. The third-order valence-corrected chi connectivity index (χ3v) is 16.9. The zero-order valence-electron chi connectivity index (χ0n) is 38.8. The van der Waals surface area contributed by atoms with Gasteiger partial charge in [-0.3, -0.25) is 0 Å². The number of rotatable bonds is 2. The second-order valence-electron chi connectivity index (χ2n) is 23.8. The van der Waals surface area contributed by atoms with Crippen molar-refractivity contribution in [1.29, 1.82) is 0 Å². The summed E-state index contributed by atoms with van der Waals surface area (Å²) in [5.74, 6) is 0.400. The zero-order valence-corrected chi connectivity index (χ0v) is 39.6. The fraction of sp³-hybridized carbons (Fsp3) is 0.519. The minimum absolute atomic E-state index is 0.0256. The highest BCUT2D eigenvalue weighted by Crippen LogP contribution is 2.58. The largest absolute Gasteiger partial charge is 0.311 e. The van der Waals surface area contributed by atoms with Gasteiger partial charge in [0.2, 0.25) is 0 Å². The van der Waals surface area contributed by atoms with Crippen molar-refractivity contribution in [3.05, 3.63) is 105 Å². The summed E-state index contributed by atoms with van der Waals surface area (Å²) in [6.45, 7) is 39.3. The third-order valence-electron chi connectivity index (χ3n) is 15.4. The van der Waals surface area contributed by atoms with Crippen molar-refractivity contribution in [3.8, 4) is 0 Å². The number of hydrogen-bond acceptors (Lipinski definition) is 3. The molecule has 0 fully saturated rings. The Kier molecular flexibility index (Phi) is 8.63. The molecule has 0 saturated carbocycles. The van der Waals surface area contributed by atoms with Crippen LogP contribution >= 0.6 is 11.3 Å². The summed E-state index contributed by atoms with van der Waals surface area (Å²) < 4.78 is 0. The van der Waals surface area contributed by atoms with E-state index in [2.05, 4.69) is 193 Å². The lowest BCUT2D eigenvalue weighted by molar-refractivity contribution is 0.251. The van der Waals surface area contributed by atoms with Crippen molar-refractivity contribution in [3.63, 3.8) is 0 Å². The Balaban J connectivity index is 1.41. The van der Waals surface area contributed by atoms with Crippen LogP contribution in [0.2, 0.25) is 0 Å². The monoisotopic (exact) mass is 789 g/mol. The van der Waals surface area contributed by atoms with E-state index in [-0.39, 0.29) is 39.2 Å². The molecule has 304 valence electrons. The topological polar surface area (TPSA) is 6.48 Å². The van der Waals surface area contributed by atoms with Gasteiger partial charge < -0.3 is 9.80 Å². The SMILES string of the molecule is Cc1cc2c3c(c1)N(c1ccc(C(C)(C)C)cc1)c1ccc(C(C)(C)C)cc1B3c1c(sc3c1C(C)(C)CCC3(C)C)N2C1=CC2=C(CC1C)C(C)(C)CCC2(C)C. The zero-order chi connectivity index (χ0) is 41.9. The molecule has 4 aromatic rings. The van der Waals surface area contributed by atoms with Gasteiger partial charge in [0.1, 0.15) is 0 Å². The van der Waals surface area contributed by atoms with Gasteiger partial charge in [0, 0.05) is 39.2 Å². The van der Waals surface area contributed by atoms with Crippen LogP contribution in [-0.2, 0) is 21.7 Å². The Morgan fingerprint density at radius 1 is 0.638 bits per heavy atom. The molecular formula is C54H69BN2S. The Morgan fingerprint density at radius 2 is 1.21 bits per heavy atom. The molecule has 0 radical (unpaired) electrons. The molecule has 0 amide bonds. The average Bonchev–Trinajstić information content (AvgIpc) is 3.54. The molecule has 1 aromatic heterocycles. The molecule has 3 heterocycles. The lowest BCUT2D eigenvalue weighted by Gasteiger charge is -2.49. The van der Waals surface area contributed by atoms with Crippen LogP contribution in [0.4, 0.5) is 27.8 Å². The number of allylic oxidation sites excluding steroid dienone is 4. The van der Waals surface area contributed by atoms with E-state index in [0.29, 0.717) is 5.92 Å². The first kappa shape index (κ1) is 39.9. The lowest BCUT2D eigenvalue weighted by atomic mass is 9.32. The molecule has 9 rings (SSSR count). The Hall–Kier alpha value is -3.50. The summed E-state index contributed by atoms with van der Waals surface area (Å²) in [6, 6.07) is 22.0. The molecule has 3 aliphatic carbocycles. The molecule has 2 nitrogen and oxygen atoms in total. The number of aryl methyl sites for hydroxylation is 1. The molecule has 0 saturated heterocycles. The molecule has 1 atom stereocenters. The van der Waals surface area contributed by atoms with E-state index < -0.39 is 0 Å². The number of anilines is 5. The van der Waals surface area contributed by atoms with Crippen molar-refractivity contribution in [2.45, 2.75) is 165 Å². The summed E-state index contributed by atoms with van der Waals surface area (Å²) in [4.78, 5) is 7.07. The number of thiophene rings is 1. The average molecular weight is 789 g/mol. The van der Waals surface area contributed by atoms with Gasteiger partial charge in [-0.05, 0) is 152 Å². The maximum Gasteiger partial charge on any atom is 0.253 e. The van der Waals surface area contributed by atoms with E-state index >= 15 is 0 Å². The molecule has 1 unspecified atom stereocenters. The van der Waals surface area contributed by atoms with Crippen molar-refractivity contribution >= 4 is 62.2 Å². The molecular weight excluding hydrogens is 719 g/mol. The fourth-order valence-electron chi connectivity index (χ4n) is 11.4. The van der Waals surface area contributed by atoms with E-state index in [1.807, 2.05) is 0 Å². The van der Waals surface area contributed by atoms with Gasteiger partial charge in [0.15, 0.2) is 0 Å². The molecule has 58 heavy (non-hydrogen) atoms. The van der Waals surface area contributed by atoms with Crippen LogP contribution in [0.15, 0.2) is 77.5 Å². The van der Waals surface area contributed by atoms with Gasteiger partial charge in [-0.1, -0.05) is 134 Å². The molecule has 0 spiro atoms. The smallest absolute Gasteiger partial charge is 0.253 e. The van der Waals surface area contributed by atoms with Crippen LogP contribution in [0.25, 0.3) is 0 Å². The second-order valence-corrected chi connectivity index (χ2v) is 24.8. The minimum atomic E-state index is 0.0256. The first-order chi connectivity index (χ1) is 26.8. The van der Waals surface area contributed by atoms with Crippen LogP contribution in [0.3, 0.4) is 0 Å². The first-order valence-electron chi connectivity index (χ1n) is 22.4. The van der Waals surface area contributed by atoms with E-state index in [9.17, 15) is 0 Å². The molecule has 5 aliphatic rings. The Bertz CT molecular complexity index is 2430. The molecule has 2 aliphatic heterocycles. The van der Waals surface area contributed by atoms with Crippen molar-refractivity contribution in [2.24, 2.45) is 16.7 Å². The highest BCUT2D eigenvalue weighted by atomic mass is 32.1. The van der Waals surface area contributed by atoms with Crippen LogP contribution in [-0.4, -0.2) is 6.71 Å². The highest BCUT2D eigenvalue weighted by molar-refractivity contribution is 7.20. The summed E-state index contributed by atoms with van der Waals surface area (Å²) in [5.41, 5.74) is 21.0. The molecule has 3 aromatic carbocycles. The Morgan fingerprint density at radius 3 is 1.84 bits per heavy atom. The summed E-state index contributed by atoms with van der Waals surface area (Å²) in [7, 11) is 0. The number of hydrogen-bond donors (Lipinski definition) is 0. The predicted octanol–water partition coefficient (Wildman–Crippen LogP) is 13.8. The van der Waals surface area contributed by atoms with Gasteiger partial charge in [0.05, 0.1) is 5.00 Å². The third kappa shape index (κ3) is 5.91. The standard InChI is InChI=1S/C54H69BN2S/c1-32-27-42-45-43(28-32)57(41-31-38-37(29-33(41)2)51(9,10)23-24-52(38,11)12)48-46(44-47(58-48)54(15,16)26-25-53(44,13)14)55(45)39-30-35(50(6,7)8)19-22-40(39)56(42)36-20-17-34(18-21-36)49(3,4)5/h17-22,27-28,30-31,33H,23-26,29H2,1-16H3. The van der Waals surface area contributed by atoms with Gasteiger partial charge in [-0.25, -0.2) is 0 Å². The van der Waals surface area contributed by atoms with Gasteiger partial charge in [0.25, 0.3) is 6.71 Å².